The Labute approximate surface area is 181 Å². The number of sulfone groups is 1. The molecule has 2 aromatic carbocycles. The van der Waals surface area contributed by atoms with Crippen LogP contribution in [0.2, 0.25) is 0 Å². The fourth-order valence-electron chi connectivity index (χ4n) is 3.18. The molecule has 7 nitrogen and oxygen atoms in total. The third-order valence-electron chi connectivity index (χ3n) is 4.83. The van der Waals surface area contributed by atoms with E-state index in [9.17, 15) is 13.2 Å². The van der Waals surface area contributed by atoms with E-state index in [0.29, 0.717) is 40.8 Å². The second-order valence-corrected chi connectivity index (χ2v) is 9.20. The quantitative estimate of drug-likeness (QED) is 0.470. The van der Waals surface area contributed by atoms with Gasteiger partial charge in [-0.3, -0.25) is 4.79 Å². The van der Waals surface area contributed by atoms with Crippen LogP contribution in [0.5, 0.6) is 11.5 Å². The number of aryl methyl sites for hydroxylation is 2. The van der Waals surface area contributed by atoms with Gasteiger partial charge in [0.1, 0.15) is 28.8 Å². The Balaban J connectivity index is 1.63. The van der Waals surface area contributed by atoms with Gasteiger partial charge in [-0.1, -0.05) is 18.2 Å². The maximum atomic E-state index is 12.6. The van der Waals surface area contributed by atoms with Crippen LogP contribution in [0.1, 0.15) is 23.4 Å². The molecule has 0 amide bonds. The lowest BCUT2D eigenvalue weighted by atomic mass is 10.1. The molecule has 0 fully saturated rings. The number of para-hydroxylation sites is 1. The van der Waals surface area contributed by atoms with Crippen molar-refractivity contribution in [1.82, 2.24) is 4.98 Å². The maximum Gasteiger partial charge on any atom is 0.226 e. The van der Waals surface area contributed by atoms with Gasteiger partial charge < -0.3 is 13.9 Å². The van der Waals surface area contributed by atoms with Gasteiger partial charge in [-0.05, 0) is 49.2 Å². The summed E-state index contributed by atoms with van der Waals surface area (Å²) in [5.74, 6) is 0.889. The largest absolute Gasteiger partial charge is 0.497 e. The molecule has 3 rings (SSSR count). The minimum absolute atomic E-state index is 0.120. The molecule has 8 heteroatoms. The molecule has 0 aliphatic carbocycles. The summed E-state index contributed by atoms with van der Waals surface area (Å²) < 4.78 is 41.2. The lowest BCUT2D eigenvalue weighted by Gasteiger charge is -2.07. The number of carbonyl (C=O) groups is 1. The number of benzene rings is 2. The molecular formula is C23H25NO6S. The highest BCUT2D eigenvalue weighted by atomic mass is 32.2. The zero-order valence-corrected chi connectivity index (χ0v) is 18.6. The van der Waals surface area contributed by atoms with Crippen molar-refractivity contribution in [2.75, 3.05) is 20.0 Å². The van der Waals surface area contributed by atoms with E-state index in [1.807, 2.05) is 24.3 Å². The number of aromatic nitrogens is 1. The molecule has 0 unspecified atom stereocenters. The first-order chi connectivity index (χ1) is 14.8. The van der Waals surface area contributed by atoms with Crippen molar-refractivity contribution >= 4 is 15.6 Å². The third kappa shape index (κ3) is 5.95. The van der Waals surface area contributed by atoms with Crippen LogP contribution in [0.15, 0.2) is 52.9 Å². The standard InChI is InChI=1S/C23H25NO6S/c1-16-21(24-23(30-16)18-9-12-20(28-2)13-10-18)15-31(26,27)14-19(25)11-8-17-6-4-5-7-22(17)29-3/h4-7,9-10,12-13H,8,11,14-15H2,1-3H3. The topological polar surface area (TPSA) is 95.7 Å². The number of oxazole rings is 1. The Hall–Kier alpha value is -3.13. The smallest absolute Gasteiger partial charge is 0.226 e. The fourth-order valence-corrected chi connectivity index (χ4v) is 4.60. The molecule has 1 aromatic heterocycles. The first-order valence-electron chi connectivity index (χ1n) is 9.76. The Morgan fingerprint density at radius 3 is 2.42 bits per heavy atom. The van der Waals surface area contributed by atoms with E-state index >= 15 is 0 Å². The van der Waals surface area contributed by atoms with Gasteiger partial charge in [0.2, 0.25) is 5.89 Å². The molecule has 0 spiro atoms. The Morgan fingerprint density at radius 2 is 1.74 bits per heavy atom. The van der Waals surface area contributed by atoms with Crippen molar-refractivity contribution in [3.8, 4) is 23.0 Å². The molecule has 0 aliphatic rings. The first kappa shape index (κ1) is 22.6. The van der Waals surface area contributed by atoms with Crippen LogP contribution in [-0.4, -0.2) is 39.2 Å². The third-order valence-corrected chi connectivity index (χ3v) is 6.31. The van der Waals surface area contributed by atoms with Crippen molar-refractivity contribution in [3.05, 3.63) is 65.5 Å². The second kappa shape index (κ2) is 9.78. The van der Waals surface area contributed by atoms with Crippen LogP contribution in [0.3, 0.4) is 0 Å². The van der Waals surface area contributed by atoms with Crippen LogP contribution in [-0.2, 0) is 26.8 Å². The van der Waals surface area contributed by atoms with Gasteiger partial charge in [-0.25, -0.2) is 13.4 Å². The van der Waals surface area contributed by atoms with Gasteiger partial charge in [-0.2, -0.15) is 0 Å². The number of methoxy groups -OCH3 is 2. The summed E-state index contributed by atoms with van der Waals surface area (Å²) in [7, 11) is -0.544. The molecule has 0 radical (unpaired) electrons. The maximum absolute atomic E-state index is 12.6. The van der Waals surface area contributed by atoms with Gasteiger partial charge >= 0.3 is 0 Å². The molecular weight excluding hydrogens is 418 g/mol. The Bertz CT molecular complexity index is 1150. The predicted molar refractivity (Wildman–Crippen MR) is 117 cm³/mol. The molecule has 31 heavy (non-hydrogen) atoms. The first-order valence-corrected chi connectivity index (χ1v) is 11.6. The highest BCUT2D eigenvalue weighted by molar-refractivity contribution is 7.91. The summed E-state index contributed by atoms with van der Waals surface area (Å²) in [6.45, 7) is 1.66. The molecule has 1 heterocycles. The van der Waals surface area contributed by atoms with Crippen molar-refractivity contribution in [3.63, 3.8) is 0 Å². The van der Waals surface area contributed by atoms with E-state index in [-0.39, 0.29) is 18.0 Å². The van der Waals surface area contributed by atoms with Crippen molar-refractivity contribution < 1.29 is 27.1 Å². The SMILES string of the molecule is COc1ccc(-c2nc(CS(=O)(=O)CC(=O)CCc3ccccc3OC)c(C)o2)cc1. The summed E-state index contributed by atoms with van der Waals surface area (Å²) in [5.41, 5.74) is 1.89. The molecule has 164 valence electrons. The van der Waals surface area contributed by atoms with Crippen molar-refractivity contribution in [1.29, 1.82) is 0 Å². The fraction of sp³-hybridized carbons (Fsp3) is 0.304. The minimum Gasteiger partial charge on any atom is -0.497 e. The summed E-state index contributed by atoms with van der Waals surface area (Å²) in [6.07, 6.45) is 0.539. The van der Waals surface area contributed by atoms with E-state index in [1.54, 1.807) is 45.4 Å². The predicted octanol–water partition coefficient (Wildman–Crippen LogP) is 3.78. The normalized spacial score (nSPS) is 11.3. The highest BCUT2D eigenvalue weighted by Crippen LogP contribution is 2.25. The number of hydrogen-bond acceptors (Lipinski definition) is 7. The number of rotatable bonds is 10. The van der Waals surface area contributed by atoms with Gasteiger partial charge in [0.05, 0.1) is 25.7 Å². The summed E-state index contributed by atoms with van der Waals surface area (Å²) >= 11 is 0. The number of Topliss-reactive ketones (excluding diaryl/α,β-unsaturated/α-hetero) is 1. The summed E-state index contributed by atoms with van der Waals surface area (Å²) in [6, 6.07) is 14.5. The lowest BCUT2D eigenvalue weighted by molar-refractivity contribution is -0.116. The molecule has 0 N–H and O–H groups in total. The van der Waals surface area contributed by atoms with E-state index in [1.165, 1.54) is 0 Å². The summed E-state index contributed by atoms with van der Waals surface area (Å²) in [4.78, 5) is 16.6. The number of ether oxygens (including phenoxy) is 2. The molecule has 0 saturated heterocycles. The van der Waals surface area contributed by atoms with Crippen LogP contribution in [0.25, 0.3) is 11.5 Å². The average Bonchev–Trinajstić information content (AvgIpc) is 3.11. The van der Waals surface area contributed by atoms with Gasteiger partial charge in [-0.15, -0.1) is 0 Å². The number of carbonyl (C=O) groups excluding carboxylic acids is 1. The van der Waals surface area contributed by atoms with Gasteiger partial charge in [0.25, 0.3) is 0 Å². The molecule has 3 aromatic rings. The Kier molecular flexibility index (Phi) is 7.12. The van der Waals surface area contributed by atoms with Crippen molar-refractivity contribution in [2.24, 2.45) is 0 Å². The van der Waals surface area contributed by atoms with E-state index in [4.69, 9.17) is 13.9 Å². The zero-order valence-electron chi connectivity index (χ0n) is 17.8. The number of nitrogens with zero attached hydrogens (tertiary/aromatic N) is 1. The Morgan fingerprint density at radius 1 is 1.03 bits per heavy atom. The van der Waals surface area contributed by atoms with E-state index in [0.717, 1.165) is 5.56 Å². The minimum atomic E-state index is -3.68. The van der Waals surface area contributed by atoms with Crippen LogP contribution in [0.4, 0.5) is 0 Å². The molecule has 0 bridgehead atoms. The average molecular weight is 444 g/mol. The second-order valence-electron chi connectivity index (χ2n) is 7.13. The van der Waals surface area contributed by atoms with Gasteiger partial charge in [0, 0.05) is 12.0 Å². The monoisotopic (exact) mass is 443 g/mol. The summed E-state index contributed by atoms with van der Waals surface area (Å²) in [5, 5.41) is 0. The van der Waals surface area contributed by atoms with Crippen LogP contribution in [0, 0.1) is 6.92 Å². The highest BCUT2D eigenvalue weighted by Gasteiger charge is 2.22. The number of ketones is 1. The van der Waals surface area contributed by atoms with Crippen LogP contribution < -0.4 is 9.47 Å². The molecule has 0 aliphatic heterocycles. The number of hydrogen-bond donors (Lipinski definition) is 0. The van der Waals surface area contributed by atoms with Crippen molar-refractivity contribution in [2.45, 2.75) is 25.5 Å². The van der Waals surface area contributed by atoms with E-state index in [2.05, 4.69) is 4.98 Å². The van der Waals surface area contributed by atoms with E-state index < -0.39 is 15.6 Å². The molecule has 0 atom stereocenters. The van der Waals surface area contributed by atoms with Gasteiger partial charge in [0.15, 0.2) is 9.84 Å². The molecule has 0 saturated carbocycles. The van der Waals surface area contributed by atoms with Crippen LogP contribution >= 0.6 is 0 Å². The zero-order chi connectivity index (χ0) is 22.4. The lowest BCUT2D eigenvalue weighted by Crippen LogP contribution is -2.18.